The van der Waals surface area contributed by atoms with Gasteiger partial charge in [-0.2, -0.15) is 5.26 Å². The molecular weight excluding hydrogens is 600 g/mol. The molecular formula is C41H52N2O5. The van der Waals surface area contributed by atoms with E-state index in [1.165, 1.54) is 7.11 Å². The van der Waals surface area contributed by atoms with Crippen LogP contribution in [-0.2, 0) is 30.3 Å². The van der Waals surface area contributed by atoms with Gasteiger partial charge in [-0.15, -0.1) is 0 Å². The van der Waals surface area contributed by atoms with Gasteiger partial charge in [-0.3, -0.25) is 14.4 Å². The van der Waals surface area contributed by atoms with Crippen LogP contribution < -0.4 is 5.32 Å². The lowest BCUT2D eigenvalue weighted by atomic mass is 9.34. The van der Waals surface area contributed by atoms with Crippen molar-refractivity contribution in [3.8, 4) is 6.07 Å². The third-order valence-electron chi connectivity index (χ3n) is 14.4. The standard InChI is InChI=1S/C41H52N2O5/c1-36(2)16-18-41(35(47)43-28(34(46)48-8)20-25-12-10-9-11-13-25)19-17-40(7)32(27(41)23-36)29(44)21-31-38(5)22-26(24-42)33(45)37(3,4)30(38)14-15-39(31,40)6/h9-13,21-22,27-28,30,32H,14-20,23H2,1-8H3,(H,43,47)/t27-,28-,30-,32-,38-,39+,40+,41-/m0/s1. The highest BCUT2D eigenvalue weighted by molar-refractivity contribution is 6.04. The van der Waals surface area contributed by atoms with Gasteiger partial charge in [-0.05, 0) is 84.7 Å². The highest BCUT2D eigenvalue weighted by atomic mass is 16.5. The second kappa shape index (κ2) is 11.3. The first-order valence-electron chi connectivity index (χ1n) is 17.8. The molecule has 48 heavy (non-hydrogen) atoms. The van der Waals surface area contributed by atoms with Crippen LogP contribution in [0.5, 0.6) is 0 Å². The van der Waals surface area contributed by atoms with Crippen molar-refractivity contribution in [2.24, 2.45) is 50.2 Å². The highest BCUT2D eigenvalue weighted by Crippen LogP contribution is 2.74. The summed E-state index contributed by atoms with van der Waals surface area (Å²) in [5.74, 6) is -1.27. The molecule has 3 saturated carbocycles. The zero-order chi connectivity index (χ0) is 35.1. The molecule has 0 heterocycles. The van der Waals surface area contributed by atoms with Gasteiger partial charge in [0.25, 0.3) is 0 Å². The summed E-state index contributed by atoms with van der Waals surface area (Å²) >= 11 is 0. The molecule has 3 fully saturated rings. The van der Waals surface area contributed by atoms with E-state index in [-0.39, 0.29) is 51.6 Å². The van der Waals surface area contributed by atoms with Gasteiger partial charge in [0, 0.05) is 23.2 Å². The minimum Gasteiger partial charge on any atom is -0.467 e. The molecule has 0 spiro atoms. The van der Waals surface area contributed by atoms with E-state index in [1.807, 2.05) is 56.3 Å². The van der Waals surface area contributed by atoms with Crippen molar-refractivity contribution in [3.05, 3.63) is 59.2 Å². The number of Topliss-reactive ketones (excluding diaryl/α,β-unsaturated/α-hetero) is 1. The number of ketones is 2. The molecule has 5 aliphatic carbocycles. The summed E-state index contributed by atoms with van der Waals surface area (Å²) in [4.78, 5) is 56.0. The zero-order valence-corrected chi connectivity index (χ0v) is 30.0. The summed E-state index contributed by atoms with van der Waals surface area (Å²) in [5, 5.41) is 13.2. The maximum absolute atomic E-state index is 14.8. The Balaban J connectivity index is 1.43. The number of carbonyl (C=O) groups excluding carboxylic acids is 4. The molecule has 6 rings (SSSR count). The van der Waals surface area contributed by atoms with Crippen molar-refractivity contribution in [2.75, 3.05) is 7.11 Å². The molecule has 1 N–H and O–H groups in total. The van der Waals surface area contributed by atoms with Crippen molar-refractivity contribution < 1.29 is 23.9 Å². The molecule has 0 unspecified atom stereocenters. The summed E-state index contributed by atoms with van der Waals surface area (Å²) in [7, 11) is 1.35. The summed E-state index contributed by atoms with van der Waals surface area (Å²) in [6.45, 7) is 15.1. The Morgan fingerprint density at radius 3 is 2.29 bits per heavy atom. The van der Waals surface area contributed by atoms with Crippen molar-refractivity contribution >= 4 is 23.4 Å². The van der Waals surface area contributed by atoms with Crippen LogP contribution in [0.4, 0.5) is 0 Å². The maximum atomic E-state index is 14.8. The van der Waals surface area contributed by atoms with E-state index in [9.17, 15) is 24.4 Å². The first-order valence-corrected chi connectivity index (χ1v) is 17.8. The second-order valence-electron chi connectivity index (χ2n) is 17.7. The largest absolute Gasteiger partial charge is 0.467 e. The number of amides is 1. The van der Waals surface area contributed by atoms with Crippen LogP contribution in [0.1, 0.15) is 99.0 Å². The van der Waals surface area contributed by atoms with Gasteiger partial charge in [0.1, 0.15) is 12.1 Å². The van der Waals surface area contributed by atoms with Crippen LogP contribution in [0.3, 0.4) is 0 Å². The monoisotopic (exact) mass is 652 g/mol. The van der Waals surface area contributed by atoms with Gasteiger partial charge in [-0.1, -0.05) is 90.4 Å². The third kappa shape index (κ3) is 4.79. The van der Waals surface area contributed by atoms with Crippen LogP contribution in [0, 0.1) is 61.6 Å². The molecule has 8 atom stereocenters. The summed E-state index contributed by atoms with van der Waals surface area (Å²) < 4.78 is 5.16. The number of methoxy groups -OCH3 is 1. The zero-order valence-electron chi connectivity index (χ0n) is 30.0. The van der Waals surface area contributed by atoms with Crippen LogP contribution in [0.2, 0.25) is 0 Å². The predicted molar refractivity (Wildman–Crippen MR) is 183 cm³/mol. The lowest BCUT2D eigenvalue weighted by Gasteiger charge is -2.69. The Labute approximate surface area is 285 Å². The van der Waals surface area contributed by atoms with Gasteiger partial charge < -0.3 is 10.1 Å². The van der Waals surface area contributed by atoms with E-state index < -0.39 is 33.7 Å². The summed E-state index contributed by atoms with van der Waals surface area (Å²) in [6, 6.07) is 11.0. The van der Waals surface area contributed by atoms with E-state index in [0.29, 0.717) is 25.7 Å². The highest BCUT2D eigenvalue weighted by Gasteiger charge is 2.71. The van der Waals surface area contributed by atoms with E-state index in [4.69, 9.17) is 4.74 Å². The average molecular weight is 653 g/mol. The minimum atomic E-state index is -0.831. The van der Waals surface area contributed by atoms with Crippen LogP contribution >= 0.6 is 0 Å². The number of allylic oxidation sites excluding steroid dienone is 4. The van der Waals surface area contributed by atoms with Gasteiger partial charge in [0.05, 0.1) is 18.1 Å². The normalized spacial score (nSPS) is 38.4. The molecule has 5 aliphatic rings. The molecule has 0 saturated heterocycles. The fraction of sp³-hybridized carbons (Fsp3) is 0.634. The van der Waals surface area contributed by atoms with Crippen molar-refractivity contribution in [3.63, 3.8) is 0 Å². The number of hydrogen-bond donors (Lipinski definition) is 1. The van der Waals surface area contributed by atoms with Gasteiger partial charge in [0.2, 0.25) is 5.91 Å². The Kier molecular flexibility index (Phi) is 8.05. The van der Waals surface area contributed by atoms with E-state index in [1.54, 1.807) is 0 Å². The number of nitriles is 1. The Morgan fingerprint density at radius 1 is 0.979 bits per heavy atom. The Morgan fingerprint density at radius 2 is 1.65 bits per heavy atom. The molecule has 0 radical (unpaired) electrons. The summed E-state index contributed by atoms with van der Waals surface area (Å²) in [6.07, 6.45) is 9.31. The van der Waals surface area contributed by atoms with Crippen molar-refractivity contribution in [2.45, 2.75) is 106 Å². The topological polar surface area (TPSA) is 113 Å². The van der Waals surface area contributed by atoms with E-state index in [0.717, 1.165) is 36.8 Å². The van der Waals surface area contributed by atoms with Crippen LogP contribution in [-0.4, -0.2) is 36.6 Å². The molecule has 1 amide bonds. The molecule has 1 aromatic rings. The number of benzene rings is 1. The fourth-order valence-corrected chi connectivity index (χ4v) is 11.5. The Bertz CT molecular complexity index is 1660. The molecule has 7 nitrogen and oxygen atoms in total. The molecule has 0 aliphatic heterocycles. The molecule has 256 valence electrons. The lowest BCUT2D eigenvalue weighted by molar-refractivity contribution is -0.179. The quantitative estimate of drug-likeness (QED) is 0.340. The maximum Gasteiger partial charge on any atom is 0.328 e. The number of carbonyl (C=O) groups is 4. The van der Waals surface area contributed by atoms with Gasteiger partial charge in [-0.25, -0.2) is 4.79 Å². The van der Waals surface area contributed by atoms with E-state index >= 15 is 0 Å². The number of ether oxygens (including phenoxy) is 1. The fourth-order valence-electron chi connectivity index (χ4n) is 11.5. The van der Waals surface area contributed by atoms with E-state index in [2.05, 4.69) is 46.0 Å². The molecule has 1 aromatic carbocycles. The van der Waals surface area contributed by atoms with Crippen molar-refractivity contribution in [1.82, 2.24) is 5.32 Å². The van der Waals surface area contributed by atoms with Crippen LogP contribution in [0.15, 0.2) is 53.6 Å². The first kappa shape index (κ1) is 34.3. The van der Waals surface area contributed by atoms with Crippen molar-refractivity contribution in [1.29, 1.82) is 5.26 Å². The number of hydrogen-bond acceptors (Lipinski definition) is 6. The van der Waals surface area contributed by atoms with Crippen LogP contribution in [0.25, 0.3) is 0 Å². The van der Waals surface area contributed by atoms with Gasteiger partial charge >= 0.3 is 5.97 Å². The summed E-state index contributed by atoms with van der Waals surface area (Å²) in [5.41, 5.74) is -0.792. The molecule has 0 aromatic heterocycles. The number of esters is 1. The number of nitrogens with zero attached hydrogens (tertiary/aromatic N) is 1. The van der Waals surface area contributed by atoms with Gasteiger partial charge in [0.15, 0.2) is 11.6 Å². The number of fused-ring (bicyclic) bond motifs is 7. The lowest BCUT2D eigenvalue weighted by Crippen LogP contribution is -2.67. The average Bonchev–Trinajstić information content (AvgIpc) is 3.03. The Hall–Kier alpha value is -3.53. The number of nitrogens with one attached hydrogen (secondary N) is 1. The second-order valence-corrected chi connectivity index (χ2v) is 17.7. The molecule has 0 bridgehead atoms. The minimum absolute atomic E-state index is 0.0242. The predicted octanol–water partition coefficient (Wildman–Crippen LogP) is 7.11. The third-order valence-corrected chi connectivity index (χ3v) is 14.4. The smallest absolute Gasteiger partial charge is 0.328 e. The SMILES string of the molecule is COC(=O)[C@H](Cc1ccccc1)NC(=O)[C@]12CCC(C)(C)C[C@H]1[C@H]1C(=O)C=C3[C@@]4(C)C=C(C#N)C(=O)C(C)(C)[C@@H]4CC[C@@]3(C)[C@]1(C)CC2. The molecule has 7 heteroatoms. The number of rotatable bonds is 5. The first-order chi connectivity index (χ1) is 22.4.